The Kier molecular flexibility index (Phi) is 5.35. The minimum absolute atomic E-state index is 0.0922. The Bertz CT molecular complexity index is 574. The van der Waals surface area contributed by atoms with Crippen molar-refractivity contribution in [2.24, 2.45) is 11.7 Å². The number of halogens is 1. The van der Waals surface area contributed by atoms with E-state index in [1.54, 1.807) is 12.1 Å². The maximum absolute atomic E-state index is 13.9. The first-order valence-corrected chi connectivity index (χ1v) is 7.43. The fourth-order valence-corrected chi connectivity index (χ4v) is 2.66. The van der Waals surface area contributed by atoms with Crippen LogP contribution < -0.4 is 5.73 Å². The normalized spacial score (nSPS) is 18.0. The molecule has 21 heavy (non-hydrogen) atoms. The number of nitrogens with zero attached hydrogens (tertiary/aromatic N) is 1. The van der Waals surface area contributed by atoms with Crippen LogP contribution in [-0.2, 0) is 0 Å². The van der Waals surface area contributed by atoms with Gasteiger partial charge in [-0.1, -0.05) is 25.2 Å². The Morgan fingerprint density at radius 3 is 3.00 bits per heavy atom. The molecule has 0 aliphatic carbocycles. The van der Waals surface area contributed by atoms with Crippen molar-refractivity contribution in [2.45, 2.75) is 26.2 Å². The zero-order chi connectivity index (χ0) is 15.2. The van der Waals surface area contributed by atoms with E-state index in [-0.39, 0.29) is 18.0 Å². The largest absolute Gasteiger partial charge is 0.338 e. The number of nitrogens with two attached hydrogens (primary N) is 1. The maximum Gasteiger partial charge on any atom is 0.253 e. The van der Waals surface area contributed by atoms with Gasteiger partial charge in [-0.2, -0.15) is 0 Å². The highest BCUT2D eigenvalue weighted by Crippen LogP contribution is 2.21. The van der Waals surface area contributed by atoms with Crippen LogP contribution in [0, 0.1) is 23.6 Å². The number of likely N-dealkylation sites (tertiary alicyclic amines) is 1. The zero-order valence-electron chi connectivity index (χ0n) is 12.4. The predicted molar refractivity (Wildman–Crippen MR) is 81.3 cm³/mol. The second-order valence-electron chi connectivity index (χ2n) is 5.37. The molecule has 1 atom stereocenters. The van der Waals surface area contributed by atoms with Crippen molar-refractivity contribution >= 4 is 5.91 Å². The minimum atomic E-state index is -0.467. The summed E-state index contributed by atoms with van der Waals surface area (Å²) in [6, 6.07) is 4.46. The highest BCUT2D eigenvalue weighted by atomic mass is 19.1. The third-order valence-electron chi connectivity index (χ3n) is 3.92. The van der Waals surface area contributed by atoms with Crippen molar-refractivity contribution in [3.05, 3.63) is 35.1 Å². The van der Waals surface area contributed by atoms with Crippen LogP contribution in [0.4, 0.5) is 4.39 Å². The maximum atomic E-state index is 13.9. The number of piperidine rings is 1. The van der Waals surface area contributed by atoms with Gasteiger partial charge in [0.1, 0.15) is 5.82 Å². The van der Waals surface area contributed by atoms with Crippen molar-refractivity contribution in [1.29, 1.82) is 0 Å². The highest BCUT2D eigenvalue weighted by Gasteiger charge is 2.23. The lowest BCUT2D eigenvalue weighted by Crippen LogP contribution is -2.39. The number of hydrogen-bond acceptors (Lipinski definition) is 2. The molecule has 1 aromatic rings. The fraction of sp³-hybridized carbons (Fsp3) is 0.471. The summed E-state index contributed by atoms with van der Waals surface area (Å²) in [6.45, 7) is 3.85. The molecule has 2 rings (SSSR count). The Hall–Kier alpha value is -1.86. The van der Waals surface area contributed by atoms with Crippen LogP contribution in [0.1, 0.15) is 42.1 Å². The molecule has 0 spiro atoms. The van der Waals surface area contributed by atoms with Crippen molar-refractivity contribution in [2.75, 3.05) is 19.6 Å². The molecule has 1 unspecified atom stereocenters. The van der Waals surface area contributed by atoms with E-state index in [9.17, 15) is 9.18 Å². The van der Waals surface area contributed by atoms with E-state index in [1.165, 1.54) is 12.5 Å². The molecule has 1 aliphatic rings. The van der Waals surface area contributed by atoms with Crippen molar-refractivity contribution in [3.63, 3.8) is 0 Å². The standard InChI is InChI=1S/C17H21FN2O/c1-2-13-5-4-10-20(12-13)17(21)15-8-7-14(6-3-9-19)16(18)11-15/h7-8,11,13H,2,4-5,9-10,12,19H2,1H3. The Balaban J connectivity index is 2.14. The number of rotatable bonds is 2. The van der Waals surface area contributed by atoms with Crippen molar-refractivity contribution in [3.8, 4) is 11.8 Å². The molecule has 112 valence electrons. The Morgan fingerprint density at radius 1 is 1.52 bits per heavy atom. The van der Waals surface area contributed by atoms with E-state index >= 15 is 0 Å². The molecule has 1 aromatic carbocycles. The van der Waals surface area contributed by atoms with Crippen LogP contribution >= 0.6 is 0 Å². The molecule has 0 aromatic heterocycles. The Labute approximate surface area is 125 Å². The third kappa shape index (κ3) is 3.83. The predicted octanol–water partition coefficient (Wildman–Crippen LogP) is 2.40. The first-order valence-electron chi connectivity index (χ1n) is 7.43. The molecule has 1 heterocycles. The summed E-state index contributed by atoms with van der Waals surface area (Å²) in [5.41, 5.74) is 5.94. The zero-order valence-corrected chi connectivity index (χ0v) is 12.4. The molecular weight excluding hydrogens is 267 g/mol. The first kappa shape index (κ1) is 15.5. The van der Waals surface area contributed by atoms with E-state index < -0.39 is 5.82 Å². The van der Waals surface area contributed by atoms with Gasteiger partial charge in [-0.3, -0.25) is 4.79 Å². The van der Waals surface area contributed by atoms with Gasteiger partial charge < -0.3 is 10.6 Å². The summed E-state index contributed by atoms with van der Waals surface area (Å²) < 4.78 is 13.9. The molecule has 4 heteroatoms. The van der Waals surface area contributed by atoms with E-state index in [4.69, 9.17) is 5.73 Å². The van der Waals surface area contributed by atoms with Crippen LogP contribution in [0.2, 0.25) is 0 Å². The number of hydrogen-bond donors (Lipinski definition) is 1. The smallest absolute Gasteiger partial charge is 0.253 e. The first-order chi connectivity index (χ1) is 10.2. The topological polar surface area (TPSA) is 46.3 Å². The van der Waals surface area contributed by atoms with Crippen LogP contribution in [0.5, 0.6) is 0 Å². The Morgan fingerprint density at radius 2 is 2.33 bits per heavy atom. The van der Waals surface area contributed by atoms with E-state index in [2.05, 4.69) is 18.8 Å². The van der Waals surface area contributed by atoms with Crippen molar-refractivity contribution < 1.29 is 9.18 Å². The molecule has 1 saturated heterocycles. The molecule has 1 aliphatic heterocycles. The second-order valence-corrected chi connectivity index (χ2v) is 5.37. The summed E-state index contributed by atoms with van der Waals surface area (Å²) in [5, 5.41) is 0. The van der Waals surface area contributed by atoms with Gasteiger partial charge in [0.15, 0.2) is 0 Å². The lowest BCUT2D eigenvalue weighted by Gasteiger charge is -2.32. The minimum Gasteiger partial charge on any atom is -0.338 e. The molecule has 2 N–H and O–H groups in total. The quantitative estimate of drug-likeness (QED) is 0.849. The fourth-order valence-electron chi connectivity index (χ4n) is 2.66. The molecule has 1 amide bonds. The van der Waals surface area contributed by atoms with E-state index in [0.29, 0.717) is 11.5 Å². The van der Waals surface area contributed by atoms with Gasteiger partial charge in [-0.05, 0) is 37.0 Å². The van der Waals surface area contributed by atoms with Crippen molar-refractivity contribution in [1.82, 2.24) is 4.90 Å². The van der Waals surface area contributed by atoms with Gasteiger partial charge in [0.25, 0.3) is 5.91 Å². The van der Waals surface area contributed by atoms with E-state index in [0.717, 1.165) is 25.9 Å². The van der Waals surface area contributed by atoms with Gasteiger partial charge in [0.05, 0.1) is 12.1 Å². The van der Waals surface area contributed by atoms with Crippen LogP contribution in [0.3, 0.4) is 0 Å². The summed E-state index contributed by atoms with van der Waals surface area (Å²) in [5.74, 6) is 5.27. The molecule has 0 radical (unpaired) electrons. The van der Waals surface area contributed by atoms with Gasteiger partial charge in [-0.25, -0.2) is 4.39 Å². The average Bonchev–Trinajstić information content (AvgIpc) is 2.53. The van der Waals surface area contributed by atoms with Crippen LogP contribution in [0.25, 0.3) is 0 Å². The average molecular weight is 288 g/mol. The highest BCUT2D eigenvalue weighted by molar-refractivity contribution is 5.94. The van der Waals surface area contributed by atoms with Gasteiger partial charge >= 0.3 is 0 Å². The van der Waals surface area contributed by atoms with Gasteiger partial charge in [0, 0.05) is 18.7 Å². The molecule has 0 bridgehead atoms. The number of amides is 1. The van der Waals surface area contributed by atoms with Gasteiger partial charge in [-0.15, -0.1) is 0 Å². The van der Waals surface area contributed by atoms with E-state index in [1.807, 2.05) is 4.90 Å². The molecule has 1 fully saturated rings. The van der Waals surface area contributed by atoms with Crippen LogP contribution in [-0.4, -0.2) is 30.4 Å². The number of carbonyl (C=O) groups is 1. The summed E-state index contributed by atoms with van der Waals surface area (Å²) in [6.07, 6.45) is 3.26. The lowest BCUT2D eigenvalue weighted by molar-refractivity contribution is 0.0670. The van der Waals surface area contributed by atoms with Gasteiger partial charge in [0.2, 0.25) is 0 Å². The second kappa shape index (κ2) is 7.24. The molecular formula is C17H21FN2O. The lowest BCUT2D eigenvalue weighted by atomic mass is 9.95. The van der Waals surface area contributed by atoms with Crippen LogP contribution in [0.15, 0.2) is 18.2 Å². The SMILES string of the molecule is CCC1CCCN(C(=O)c2ccc(C#CCN)c(F)c2)C1. The molecule has 3 nitrogen and oxygen atoms in total. The number of benzene rings is 1. The monoisotopic (exact) mass is 288 g/mol. The summed E-state index contributed by atoms with van der Waals surface area (Å²) in [7, 11) is 0. The summed E-state index contributed by atoms with van der Waals surface area (Å²) >= 11 is 0. The summed E-state index contributed by atoms with van der Waals surface area (Å²) in [4.78, 5) is 14.3. The molecule has 0 saturated carbocycles. The number of carbonyl (C=O) groups excluding carboxylic acids is 1. The third-order valence-corrected chi connectivity index (χ3v) is 3.92.